The Morgan fingerprint density at radius 1 is 1.75 bits per heavy atom. The van der Waals surface area contributed by atoms with E-state index in [2.05, 4.69) is 11.9 Å². The molecule has 1 unspecified atom stereocenters. The molecule has 0 aromatic carbocycles. The summed E-state index contributed by atoms with van der Waals surface area (Å²) in [5.41, 5.74) is 5.49. The van der Waals surface area contributed by atoms with E-state index in [0.717, 1.165) is 12.5 Å². The zero-order chi connectivity index (χ0) is 9.14. The van der Waals surface area contributed by atoms with Gasteiger partial charge in [0.25, 0.3) is 0 Å². The normalized spacial score (nSPS) is 24.3. The zero-order valence-electron chi connectivity index (χ0n) is 7.79. The quantitative estimate of drug-likeness (QED) is 0.622. The first-order valence-electron chi connectivity index (χ1n) is 4.28. The fraction of sp³-hybridized carbons (Fsp3) is 0.875. The monoisotopic (exact) mass is 187 g/mol. The van der Waals surface area contributed by atoms with E-state index in [1.807, 2.05) is 11.9 Å². The van der Waals surface area contributed by atoms with Crippen molar-refractivity contribution >= 4 is 17.3 Å². The largest absolute Gasteiger partial charge is 0.376 e. The van der Waals surface area contributed by atoms with Gasteiger partial charge in [-0.25, -0.2) is 0 Å². The van der Waals surface area contributed by atoms with Gasteiger partial charge in [-0.05, 0) is 38.1 Å². The van der Waals surface area contributed by atoms with Crippen LogP contribution >= 0.6 is 12.2 Å². The van der Waals surface area contributed by atoms with Gasteiger partial charge in [0.2, 0.25) is 0 Å². The van der Waals surface area contributed by atoms with Gasteiger partial charge in [-0.1, -0.05) is 0 Å². The van der Waals surface area contributed by atoms with Crippen LogP contribution in [0.2, 0.25) is 0 Å². The van der Waals surface area contributed by atoms with Crippen molar-refractivity contribution < 1.29 is 0 Å². The van der Waals surface area contributed by atoms with Crippen LogP contribution in [-0.2, 0) is 0 Å². The maximum Gasteiger partial charge on any atom is 0.166 e. The molecule has 1 fully saturated rings. The second-order valence-corrected chi connectivity index (χ2v) is 4.05. The molecule has 1 rings (SSSR count). The number of hydrogen-bond acceptors (Lipinski definition) is 2. The van der Waals surface area contributed by atoms with E-state index < -0.39 is 0 Å². The lowest BCUT2D eigenvalue weighted by Gasteiger charge is -2.20. The topological polar surface area (TPSA) is 32.5 Å². The van der Waals surface area contributed by atoms with Gasteiger partial charge in [-0.2, -0.15) is 0 Å². The highest BCUT2D eigenvalue weighted by atomic mass is 32.1. The third-order valence-corrected chi connectivity index (χ3v) is 2.71. The summed E-state index contributed by atoms with van der Waals surface area (Å²) in [5.74, 6) is 0.737. The molecule has 1 heterocycles. The molecule has 0 spiro atoms. The Bertz CT molecular complexity index is 172. The molecule has 0 saturated carbocycles. The smallest absolute Gasteiger partial charge is 0.166 e. The Kier molecular flexibility index (Phi) is 3.29. The van der Waals surface area contributed by atoms with Crippen LogP contribution in [0.25, 0.3) is 0 Å². The maximum absolute atomic E-state index is 5.49. The van der Waals surface area contributed by atoms with Crippen LogP contribution in [0.1, 0.15) is 6.42 Å². The van der Waals surface area contributed by atoms with Gasteiger partial charge in [-0.15, -0.1) is 0 Å². The standard InChI is InChI=1S/C8H17N3S/c1-10-4-3-7(5-10)6-11(2)8(9)12/h7H,3-6H2,1-2H3,(H2,9,12). The molecule has 70 valence electrons. The number of nitrogens with two attached hydrogens (primary N) is 1. The number of nitrogens with zero attached hydrogens (tertiary/aromatic N) is 2. The molecule has 3 nitrogen and oxygen atoms in total. The number of rotatable bonds is 2. The fourth-order valence-corrected chi connectivity index (χ4v) is 1.73. The summed E-state index contributed by atoms with van der Waals surface area (Å²) in [4.78, 5) is 4.30. The molecular weight excluding hydrogens is 170 g/mol. The molecule has 2 N–H and O–H groups in total. The van der Waals surface area contributed by atoms with Gasteiger partial charge < -0.3 is 15.5 Å². The summed E-state index contributed by atoms with van der Waals surface area (Å²) in [6, 6.07) is 0. The summed E-state index contributed by atoms with van der Waals surface area (Å²) in [6.45, 7) is 3.38. The van der Waals surface area contributed by atoms with E-state index in [9.17, 15) is 0 Å². The lowest BCUT2D eigenvalue weighted by atomic mass is 10.1. The molecule has 0 radical (unpaired) electrons. The maximum atomic E-state index is 5.49. The Morgan fingerprint density at radius 3 is 2.83 bits per heavy atom. The molecule has 0 aliphatic carbocycles. The molecule has 0 amide bonds. The van der Waals surface area contributed by atoms with Crippen molar-refractivity contribution in [1.29, 1.82) is 0 Å². The molecule has 4 heteroatoms. The summed E-state index contributed by atoms with van der Waals surface area (Å²) in [5, 5.41) is 0.504. The van der Waals surface area contributed by atoms with Crippen molar-refractivity contribution in [2.24, 2.45) is 11.7 Å². The zero-order valence-corrected chi connectivity index (χ0v) is 8.60. The van der Waals surface area contributed by atoms with Gasteiger partial charge in [0.05, 0.1) is 0 Å². The van der Waals surface area contributed by atoms with Crippen molar-refractivity contribution in [1.82, 2.24) is 9.80 Å². The molecule has 0 bridgehead atoms. The highest BCUT2D eigenvalue weighted by molar-refractivity contribution is 7.80. The highest BCUT2D eigenvalue weighted by Crippen LogP contribution is 2.14. The minimum Gasteiger partial charge on any atom is -0.376 e. The minimum atomic E-state index is 0.504. The van der Waals surface area contributed by atoms with Crippen LogP contribution < -0.4 is 5.73 Å². The fourth-order valence-electron chi connectivity index (χ4n) is 1.65. The highest BCUT2D eigenvalue weighted by Gasteiger charge is 2.20. The van der Waals surface area contributed by atoms with Gasteiger partial charge in [0.1, 0.15) is 0 Å². The Hall–Kier alpha value is -0.350. The van der Waals surface area contributed by atoms with Crippen LogP contribution in [0.5, 0.6) is 0 Å². The van der Waals surface area contributed by atoms with Gasteiger partial charge in [0, 0.05) is 20.1 Å². The average molecular weight is 187 g/mol. The second-order valence-electron chi connectivity index (χ2n) is 3.64. The first-order valence-corrected chi connectivity index (χ1v) is 4.69. The third kappa shape index (κ3) is 2.60. The lowest BCUT2D eigenvalue weighted by molar-refractivity contribution is 0.356. The van der Waals surface area contributed by atoms with Gasteiger partial charge in [-0.3, -0.25) is 0 Å². The lowest BCUT2D eigenvalue weighted by Crippen LogP contribution is -2.36. The average Bonchev–Trinajstić information content (AvgIpc) is 2.35. The first-order chi connectivity index (χ1) is 5.59. The van der Waals surface area contributed by atoms with E-state index in [1.165, 1.54) is 19.5 Å². The molecule has 0 aromatic heterocycles. The van der Waals surface area contributed by atoms with E-state index in [-0.39, 0.29) is 0 Å². The summed E-state index contributed by atoms with van der Waals surface area (Å²) in [6.07, 6.45) is 1.27. The minimum absolute atomic E-state index is 0.504. The third-order valence-electron chi connectivity index (χ3n) is 2.40. The first kappa shape index (κ1) is 9.74. The molecule has 1 atom stereocenters. The predicted octanol–water partition coefficient (Wildman–Crippen LogP) is 0.113. The van der Waals surface area contributed by atoms with Crippen molar-refractivity contribution in [3.8, 4) is 0 Å². The number of likely N-dealkylation sites (tertiary alicyclic amines) is 1. The molecule has 1 aliphatic rings. The predicted molar refractivity (Wildman–Crippen MR) is 55.0 cm³/mol. The van der Waals surface area contributed by atoms with Crippen molar-refractivity contribution in [3.05, 3.63) is 0 Å². The molecular formula is C8H17N3S. The van der Waals surface area contributed by atoms with Crippen LogP contribution in [0.3, 0.4) is 0 Å². The van der Waals surface area contributed by atoms with Crippen LogP contribution in [0.15, 0.2) is 0 Å². The summed E-state index contributed by atoms with van der Waals surface area (Å²) < 4.78 is 0. The van der Waals surface area contributed by atoms with Crippen LogP contribution in [0.4, 0.5) is 0 Å². The van der Waals surface area contributed by atoms with Gasteiger partial charge >= 0.3 is 0 Å². The van der Waals surface area contributed by atoms with E-state index in [4.69, 9.17) is 18.0 Å². The molecule has 1 aliphatic heterocycles. The Labute approximate surface area is 79.5 Å². The van der Waals surface area contributed by atoms with Crippen molar-refractivity contribution in [2.45, 2.75) is 6.42 Å². The van der Waals surface area contributed by atoms with Crippen molar-refractivity contribution in [2.75, 3.05) is 33.7 Å². The Morgan fingerprint density at radius 2 is 2.42 bits per heavy atom. The van der Waals surface area contributed by atoms with Crippen LogP contribution in [-0.4, -0.2) is 48.6 Å². The van der Waals surface area contributed by atoms with Crippen molar-refractivity contribution in [3.63, 3.8) is 0 Å². The van der Waals surface area contributed by atoms with Gasteiger partial charge in [0.15, 0.2) is 5.11 Å². The second kappa shape index (κ2) is 4.05. The van der Waals surface area contributed by atoms with Crippen LogP contribution in [0, 0.1) is 5.92 Å². The summed E-state index contributed by atoms with van der Waals surface area (Å²) >= 11 is 4.87. The number of thiocarbonyl (C=S) groups is 1. The molecule has 1 saturated heterocycles. The summed E-state index contributed by atoms with van der Waals surface area (Å²) in [7, 11) is 4.11. The Balaban J connectivity index is 2.27. The number of hydrogen-bond donors (Lipinski definition) is 1. The molecule has 0 aromatic rings. The molecule has 12 heavy (non-hydrogen) atoms. The van der Waals surface area contributed by atoms with E-state index in [0.29, 0.717) is 5.11 Å². The van der Waals surface area contributed by atoms with E-state index in [1.54, 1.807) is 0 Å². The SMILES string of the molecule is CN1CCC(CN(C)C(N)=S)C1. The van der Waals surface area contributed by atoms with E-state index >= 15 is 0 Å².